The largest absolute Gasteiger partial charge is 0.497 e. The Morgan fingerprint density at radius 2 is 1.94 bits per heavy atom. The molecule has 2 aromatic heterocycles. The highest BCUT2D eigenvalue weighted by molar-refractivity contribution is 5.78. The molecule has 4 rings (SSSR count). The third kappa shape index (κ3) is 4.95. The Morgan fingerprint density at radius 1 is 1.10 bits per heavy atom. The Hall–Kier alpha value is -4.01. The van der Waals surface area contributed by atoms with Crippen LogP contribution in [-0.2, 0) is 11.2 Å². The van der Waals surface area contributed by atoms with E-state index >= 15 is 0 Å². The van der Waals surface area contributed by atoms with Crippen molar-refractivity contribution in [2.24, 2.45) is 0 Å². The molecule has 0 aliphatic heterocycles. The molecule has 2 aromatic carbocycles. The van der Waals surface area contributed by atoms with Crippen LogP contribution in [0.4, 0.5) is 4.39 Å². The van der Waals surface area contributed by atoms with Crippen molar-refractivity contribution in [1.82, 2.24) is 25.1 Å². The van der Waals surface area contributed by atoms with Gasteiger partial charge in [0.1, 0.15) is 18.2 Å². The molecule has 0 unspecified atom stereocenters. The summed E-state index contributed by atoms with van der Waals surface area (Å²) in [5.41, 5.74) is 2.09. The number of ether oxygens (including phenoxy) is 2. The number of carbonyl (C=O) groups excluding carboxylic acids is 1. The predicted octanol–water partition coefficient (Wildman–Crippen LogP) is 2.68. The first-order valence-corrected chi connectivity index (χ1v) is 9.63. The fraction of sp³-hybridized carbons (Fsp3) is 0.182. The summed E-state index contributed by atoms with van der Waals surface area (Å²) in [6.45, 7) is 0.575. The van der Waals surface area contributed by atoms with E-state index < -0.39 is 0 Å². The average Bonchev–Trinajstić information content (AvgIpc) is 3.21. The Kier molecular flexibility index (Phi) is 6.02. The van der Waals surface area contributed by atoms with E-state index in [1.807, 2.05) is 24.3 Å². The van der Waals surface area contributed by atoms with Gasteiger partial charge in [-0.25, -0.2) is 4.39 Å². The molecule has 1 amide bonds. The molecule has 8 nitrogen and oxygen atoms in total. The zero-order valence-corrected chi connectivity index (χ0v) is 16.8. The predicted molar refractivity (Wildman–Crippen MR) is 111 cm³/mol. The van der Waals surface area contributed by atoms with Gasteiger partial charge < -0.3 is 14.8 Å². The molecule has 0 saturated carbocycles. The number of fused-ring (bicyclic) bond motifs is 1. The lowest BCUT2D eigenvalue weighted by molar-refractivity contribution is -0.120. The summed E-state index contributed by atoms with van der Waals surface area (Å²) < 4.78 is 25.5. The van der Waals surface area contributed by atoms with Crippen LogP contribution in [0.5, 0.6) is 11.6 Å². The number of benzene rings is 2. The summed E-state index contributed by atoms with van der Waals surface area (Å²) in [5.74, 6) is 1.11. The smallest absolute Gasteiger partial charge is 0.231 e. The fourth-order valence-electron chi connectivity index (χ4n) is 3.00. The average molecular weight is 421 g/mol. The second-order valence-electron chi connectivity index (χ2n) is 6.70. The van der Waals surface area contributed by atoms with Crippen LogP contribution >= 0.6 is 0 Å². The van der Waals surface area contributed by atoms with Gasteiger partial charge in [-0.1, -0.05) is 12.1 Å². The molecule has 0 fully saturated rings. The molecule has 0 radical (unpaired) electrons. The molecular formula is C22H20FN5O3. The third-order valence-electron chi connectivity index (χ3n) is 4.51. The summed E-state index contributed by atoms with van der Waals surface area (Å²) in [4.78, 5) is 12.1. The zero-order valence-electron chi connectivity index (χ0n) is 16.8. The minimum Gasteiger partial charge on any atom is -0.497 e. The highest BCUT2D eigenvalue weighted by atomic mass is 19.1. The number of nitrogens with one attached hydrogen (secondary N) is 1. The van der Waals surface area contributed by atoms with Crippen LogP contribution < -0.4 is 14.8 Å². The van der Waals surface area contributed by atoms with E-state index in [2.05, 4.69) is 20.6 Å². The second-order valence-corrected chi connectivity index (χ2v) is 6.70. The number of hydrogen-bond donors (Lipinski definition) is 1. The van der Waals surface area contributed by atoms with Gasteiger partial charge >= 0.3 is 0 Å². The summed E-state index contributed by atoms with van der Waals surface area (Å²) >= 11 is 0. The number of amides is 1. The third-order valence-corrected chi connectivity index (χ3v) is 4.51. The lowest BCUT2D eigenvalue weighted by Gasteiger charge is -2.08. The van der Waals surface area contributed by atoms with Gasteiger partial charge in [-0.05, 0) is 48.0 Å². The van der Waals surface area contributed by atoms with Crippen LogP contribution in [0.15, 0.2) is 60.7 Å². The first-order valence-electron chi connectivity index (χ1n) is 9.63. The van der Waals surface area contributed by atoms with Gasteiger partial charge in [-0.15, -0.1) is 15.3 Å². The van der Waals surface area contributed by atoms with Gasteiger partial charge in [0.15, 0.2) is 11.5 Å². The van der Waals surface area contributed by atoms with E-state index in [1.54, 1.807) is 31.4 Å². The molecule has 0 saturated heterocycles. The Balaban J connectivity index is 1.33. The number of aromatic nitrogens is 4. The molecule has 2 heterocycles. The molecule has 0 aliphatic carbocycles. The Bertz CT molecular complexity index is 1190. The van der Waals surface area contributed by atoms with Crippen LogP contribution in [0, 0.1) is 5.82 Å². The lowest BCUT2D eigenvalue weighted by atomic mass is 10.1. The maximum Gasteiger partial charge on any atom is 0.231 e. The standard InChI is InChI=1S/C22H20FN5O3/c1-30-18-4-2-3-15(13-18)14-20(29)24-11-12-31-21-10-9-19-25-26-22(28(19)27-21)16-5-7-17(23)8-6-16/h2-10,13H,11-12,14H2,1H3,(H,24,29). The minimum atomic E-state index is -0.331. The molecule has 9 heteroatoms. The van der Waals surface area contributed by atoms with Crippen LogP contribution in [0.25, 0.3) is 17.0 Å². The van der Waals surface area contributed by atoms with Crippen molar-refractivity contribution >= 4 is 11.6 Å². The van der Waals surface area contributed by atoms with E-state index in [9.17, 15) is 9.18 Å². The van der Waals surface area contributed by atoms with Crippen molar-refractivity contribution in [2.75, 3.05) is 20.3 Å². The monoisotopic (exact) mass is 421 g/mol. The number of nitrogens with zero attached hydrogens (tertiary/aromatic N) is 4. The van der Waals surface area contributed by atoms with Crippen molar-refractivity contribution in [3.8, 4) is 23.0 Å². The molecule has 0 spiro atoms. The van der Waals surface area contributed by atoms with E-state index in [0.29, 0.717) is 35.2 Å². The molecule has 0 bridgehead atoms. The van der Waals surface area contributed by atoms with Crippen molar-refractivity contribution in [2.45, 2.75) is 6.42 Å². The quantitative estimate of drug-likeness (QED) is 0.440. The molecule has 4 aromatic rings. The summed E-state index contributed by atoms with van der Waals surface area (Å²) in [7, 11) is 1.59. The zero-order chi connectivity index (χ0) is 21.6. The van der Waals surface area contributed by atoms with Crippen LogP contribution in [0.1, 0.15) is 5.56 Å². The highest BCUT2D eigenvalue weighted by Crippen LogP contribution is 2.19. The molecule has 0 aliphatic rings. The first kappa shape index (κ1) is 20.3. The SMILES string of the molecule is COc1cccc(CC(=O)NCCOc2ccc3nnc(-c4ccc(F)cc4)n3n2)c1. The number of hydrogen-bond acceptors (Lipinski definition) is 6. The maximum absolute atomic E-state index is 13.2. The topological polar surface area (TPSA) is 90.6 Å². The summed E-state index contributed by atoms with van der Waals surface area (Å²) in [5, 5.41) is 15.4. The molecule has 31 heavy (non-hydrogen) atoms. The Morgan fingerprint density at radius 3 is 2.74 bits per heavy atom. The van der Waals surface area contributed by atoms with E-state index in [1.165, 1.54) is 16.6 Å². The number of rotatable bonds is 8. The van der Waals surface area contributed by atoms with Crippen molar-refractivity contribution in [3.05, 3.63) is 72.0 Å². The van der Waals surface area contributed by atoms with Crippen LogP contribution in [0.3, 0.4) is 0 Å². The highest BCUT2D eigenvalue weighted by Gasteiger charge is 2.11. The number of carbonyl (C=O) groups is 1. The number of methoxy groups -OCH3 is 1. The molecule has 158 valence electrons. The summed E-state index contributed by atoms with van der Waals surface area (Å²) in [6, 6.07) is 16.7. The van der Waals surface area contributed by atoms with Crippen molar-refractivity contribution < 1.29 is 18.7 Å². The molecule has 1 N–H and O–H groups in total. The first-order chi connectivity index (χ1) is 15.1. The molecular weight excluding hydrogens is 401 g/mol. The fourth-order valence-corrected chi connectivity index (χ4v) is 3.00. The number of halogens is 1. The van der Waals surface area contributed by atoms with Gasteiger partial charge in [0.25, 0.3) is 0 Å². The van der Waals surface area contributed by atoms with E-state index in [4.69, 9.17) is 9.47 Å². The minimum absolute atomic E-state index is 0.113. The maximum atomic E-state index is 13.2. The summed E-state index contributed by atoms with van der Waals surface area (Å²) in [6.07, 6.45) is 0.253. The van der Waals surface area contributed by atoms with E-state index in [0.717, 1.165) is 5.56 Å². The van der Waals surface area contributed by atoms with Gasteiger partial charge in [-0.2, -0.15) is 4.52 Å². The molecule has 0 atom stereocenters. The normalized spacial score (nSPS) is 10.8. The van der Waals surface area contributed by atoms with Crippen LogP contribution in [0.2, 0.25) is 0 Å². The van der Waals surface area contributed by atoms with Crippen molar-refractivity contribution in [1.29, 1.82) is 0 Å². The van der Waals surface area contributed by atoms with Gasteiger partial charge in [-0.3, -0.25) is 4.79 Å². The van der Waals surface area contributed by atoms with Gasteiger partial charge in [0, 0.05) is 11.6 Å². The van der Waals surface area contributed by atoms with Gasteiger partial charge in [0.05, 0.1) is 20.1 Å². The van der Waals surface area contributed by atoms with Crippen molar-refractivity contribution in [3.63, 3.8) is 0 Å². The van der Waals surface area contributed by atoms with Gasteiger partial charge in [0.2, 0.25) is 11.8 Å². The second kappa shape index (κ2) is 9.21. The lowest BCUT2D eigenvalue weighted by Crippen LogP contribution is -2.29. The Labute approximate surface area is 177 Å². The van der Waals surface area contributed by atoms with Crippen LogP contribution in [-0.4, -0.2) is 46.0 Å². The van der Waals surface area contributed by atoms with E-state index in [-0.39, 0.29) is 24.8 Å².